The van der Waals surface area contributed by atoms with Crippen LogP contribution in [-0.2, 0) is 11.0 Å². The van der Waals surface area contributed by atoms with Crippen molar-refractivity contribution in [1.29, 1.82) is 0 Å². The van der Waals surface area contributed by atoms with Crippen LogP contribution in [0.2, 0.25) is 0 Å². The van der Waals surface area contributed by atoms with Crippen LogP contribution in [0.5, 0.6) is 0 Å². The molecule has 0 atom stereocenters. The fourth-order valence-electron chi connectivity index (χ4n) is 2.62. The summed E-state index contributed by atoms with van der Waals surface area (Å²) in [5, 5.41) is 0. The SMILES string of the molecule is CC(=O)N1CCN(C(=O)c2cncc3[nH]c(C(F)(F)F)nc23)CC1. The minimum atomic E-state index is -4.63. The molecular formula is C14H14F3N5O2. The molecule has 0 bridgehead atoms. The fourth-order valence-corrected chi connectivity index (χ4v) is 2.62. The largest absolute Gasteiger partial charge is 0.449 e. The molecule has 1 aliphatic heterocycles. The number of rotatable bonds is 1. The van der Waals surface area contributed by atoms with Gasteiger partial charge in [-0.1, -0.05) is 0 Å². The van der Waals surface area contributed by atoms with E-state index >= 15 is 0 Å². The summed E-state index contributed by atoms with van der Waals surface area (Å²) in [6.07, 6.45) is -2.22. The first-order chi connectivity index (χ1) is 11.3. The summed E-state index contributed by atoms with van der Waals surface area (Å²) >= 11 is 0. The lowest BCUT2D eigenvalue weighted by molar-refractivity contribution is -0.144. The van der Waals surface area contributed by atoms with Crippen LogP contribution in [0.3, 0.4) is 0 Å². The zero-order valence-corrected chi connectivity index (χ0v) is 12.7. The Morgan fingerprint density at radius 1 is 1.12 bits per heavy atom. The molecule has 0 unspecified atom stereocenters. The number of piperazine rings is 1. The van der Waals surface area contributed by atoms with Gasteiger partial charge in [-0.2, -0.15) is 13.2 Å². The van der Waals surface area contributed by atoms with E-state index < -0.39 is 17.9 Å². The van der Waals surface area contributed by atoms with Gasteiger partial charge in [-0.15, -0.1) is 0 Å². The molecule has 3 rings (SSSR count). The average molecular weight is 341 g/mol. The van der Waals surface area contributed by atoms with Gasteiger partial charge in [0.15, 0.2) is 0 Å². The van der Waals surface area contributed by atoms with Crippen molar-refractivity contribution in [2.45, 2.75) is 13.1 Å². The molecule has 128 valence electrons. The highest BCUT2D eigenvalue weighted by atomic mass is 19.4. The first kappa shape index (κ1) is 16.2. The molecule has 0 aromatic carbocycles. The number of alkyl halides is 3. The molecule has 7 nitrogen and oxygen atoms in total. The highest BCUT2D eigenvalue weighted by molar-refractivity contribution is 6.04. The molecule has 3 heterocycles. The summed E-state index contributed by atoms with van der Waals surface area (Å²) in [5.74, 6) is -1.69. The van der Waals surface area contributed by atoms with Gasteiger partial charge in [-0.05, 0) is 0 Å². The van der Waals surface area contributed by atoms with Crippen molar-refractivity contribution < 1.29 is 22.8 Å². The second-order valence-electron chi connectivity index (χ2n) is 5.46. The van der Waals surface area contributed by atoms with E-state index in [-0.39, 0.29) is 22.5 Å². The van der Waals surface area contributed by atoms with Gasteiger partial charge in [0.05, 0.1) is 17.3 Å². The van der Waals surface area contributed by atoms with E-state index in [0.717, 1.165) is 0 Å². The maximum atomic E-state index is 12.8. The van der Waals surface area contributed by atoms with Gasteiger partial charge in [-0.3, -0.25) is 14.6 Å². The lowest BCUT2D eigenvalue weighted by Gasteiger charge is -2.34. The molecule has 0 spiro atoms. The lowest BCUT2D eigenvalue weighted by Crippen LogP contribution is -2.50. The summed E-state index contributed by atoms with van der Waals surface area (Å²) in [4.78, 5) is 36.5. The van der Waals surface area contributed by atoms with E-state index in [9.17, 15) is 22.8 Å². The molecule has 0 saturated carbocycles. The van der Waals surface area contributed by atoms with E-state index in [1.54, 1.807) is 4.90 Å². The van der Waals surface area contributed by atoms with Crippen molar-refractivity contribution in [3.8, 4) is 0 Å². The minimum absolute atomic E-state index is 0.00975. The number of nitrogens with one attached hydrogen (secondary N) is 1. The number of carbonyl (C=O) groups is 2. The number of nitrogens with zero attached hydrogens (tertiary/aromatic N) is 4. The number of pyridine rings is 1. The predicted molar refractivity (Wildman–Crippen MR) is 77.0 cm³/mol. The minimum Gasteiger partial charge on any atom is -0.339 e. The number of amides is 2. The highest BCUT2D eigenvalue weighted by Gasteiger charge is 2.35. The molecular weight excluding hydrogens is 327 g/mol. The number of carbonyl (C=O) groups excluding carboxylic acids is 2. The third-order valence-electron chi connectivity index (χ3n) is 3.91. The highest BCUT2D eigenvalue weighted by Crippen LogP contribution is 2.29. The molecule has 1 saturated heterocycles. The van der Waals surface area contributed by atoms with Gasteiger partial charge in [0.1, 0.15) is 5.52 Å². The van der Waals surface area contributed by atoms with Gasteiger partial charge in [0, 0.05) is 39.3 Å². The monoisotopic (exact) mass is 341 g/mol. The summed E-state index contributed by atoms with van der Waals surface area (Å²) < 4.78 is 38.4. The predicted octanol–water partition coefficient (Wildman–Crippen LogP) is 1.28. The molecule has 24 heavy (non-hydrogen) atoms. The van der Waals surface area contributed by atoms with E-state index in [0.29, 0.717) is 26.2 Å². The quantitative estimate of drug-likeness (QED) is 0.847. The van der Waals surface area contributed by atoms with Crippen molar-refractivity contribution >= 4 is 22.8 Å². The van der Waals surface area contributed by atoms with Crippen LogP contribution in [-0.4, -0.2) is 62.7 Å². The first-order valence-corrected chi connectivity index (χ1v) is 7.23. The Kier molecular flexibility index (Phi) is 3.90. The lowest BCUT2D eigenvalue weighted by atomic mass is 10.2. The molecule has 10 heteroatoms. The zero-order chi connectivity index (χ0) is 17.5. The summed E-state index contributed by atoms with van der Waals surface area (Å²) in [7, 11) is 0. The number of aromatic amines is 1. The van der Waals surface area contributed by atoms with Crippen LogP contribution >= 0.6 is 0 Å². The van der Waals surface area contributed by atoms with Gasteiger partial charge in [-0.25, -0.2) is 4.98 Å². The second-order valence-corrected chi connectivity index (χ2v) is 5.46. The van der Waals surface area contributed by atoms with Gasteiger partial charge in [0.2, 0.25) is 11.7 Å². The maximum absolute atomic E-state index is 12.8. The van der Waals surface area contributed by atoms with Crippen molar-refractivity contribution in [3.63, 3.8) is 0 Å². The first-order valence-electron chi connectivity index (χ1n) is 7.23. The Morgan fingerprint density at radius 3 is 2.33 bits per heavy atom. The second kappa shape index (κ2) is 5.77. The molecule has 2 amide bonds. The normalized spacial score (nSPS) is 15.8. The molecule has 2 aromatic rings. The van der Waals surface area contributed by atoms with Crippen molar-refractivity contribution in [3.05, 3.63) is 23.8 Å². The third kappa shape index (κ3) is 2.91. The van der Waals surface area contributed by atoms with Crippen LogP contribution < -0.4 is 0 Å². The van der Waals surface area contributed by atoms with E-state index in [2.05, 4.69) is 15.0 Å². The van der Waals surface area contributed by atoms with Crippen LogP contribution in [0.4, 0.5) is 13.2 Å². The van der Waals surface area contributed by atoms with E-state index in [1.165, 1.54) is 24.2 Å². The van der Waals surface area contributed by atoms with Gasteiger partial charge < -0.3 is 14.8 Å². The smallest absolute Gasteiger partial charge is 0.339 e. The Hall–Kier alpha value is -2.65. The van der Waals surface area contributed by atoms with Crippen LogP contribution in [0.25, 0.3) is 11.0 Å². The van der Waals surface area contributed by atoms with Gasteiger partial charge >= 0.3 is 6.18 Å². The number of fused-ring (bicyclic) bond motifs is 1. The molecule has 1 N–H and O–H groups in total. The Bertz CT molecular complexity index is 793. The van der Waals surface area contributed by atoms with Crippen molar-refractivity contribution in [1.82, 2.24) is 24.8 Å². The number of aromatic nitrogens is 3. The molecule has 1 fully saturated rings. The van der Waals surface area contributed by atoms with Crippen LogP contribution in [0.1, 0.15) is 23.1 Å². The summed E-state index contributed by atoms with van der Waals surface area (Å²) in [6, 6.07) is 0. The zero-order valence-electron chi connectivity index (χ0n) is 12.7. The Labute approximate surface area is 134 Å². The number of H-pyrrole nitrogens is 1. The third-order valence-corrected chi connectivity index (χ3v) is 3.91. The maximum Gasteiger partial charge on any atom is 0.449 e. The number of hydrogen-bond acceptors (Lipinski definition) is 4. The topological polar surface area (TPSA) is 82.2 Å². The number of imidazole rings is 1. The molecule has 1 aliphatic rings. The van der Waals surface area contributed by atoms with Crippen molar-refractivity contribution in [2.24, 2.45) is 0 Å². The van der Waals surface area contributed by atoms with Crippen molar-refractivity contribution in [2.75, 3.05) is 26.2 Å². The molecule has 2 aromatic heterocycles. The fraction of sp³-hybridized carbons (Fsp3) is 0.429. The Balaban J connectivity index is 1.88. The summed E-state index contributed by atoms with van der Waals surface area (Å²) in [5.41, 5.74) is 0.00222. The van der Waals surface area contributed by atoms with Crippen LogP contribution in [0, 0.1) is 0 Å². The number of hydrogen-bond donors (Lipinski definition) is 1. The van der Waals surface area contributed by atoms with E-state index in [4.69, 9.17) is 0 Å². The summed E-state index contributed by atoms with van der Waals surface area (Å²) in [6.45, 7) is 2.85. The van der Waals surface area contributed by atoms with E-state index in [1.807, 2.05) is 0 Å². The molecule has 0 radical (unpaired) electrons. The van der Waals surface area contributed by atoms with Crippen LogP contribution in [0.15, 0.2) is 12.4 Å². The molecule has 0 aliphatic carbocycles. The standard InChI is InChI=1S/C14H14F3N5O2/c1-8(23)21-2-4-22(5-3-21)12(24)9-6-18-7-10-11(9)20-13(19-10)14(15,16)17/h6-7H,2-5H2,1H3,(H,19,20). The number of halogens is 3. The van der Waals surface area contributed by atoms with Gasteiger partial charge in [0.25, 0.3) is 5.91 Å². The average Bonchev–Trinajstić information content (AvgIpc) is 2.98. The Morgan fingerprint density at radius 2 is 1.75 bits per heavy atom.